The normalized spacial score (nSPS) is 24.8. The molecule has 1 heterocycles. The smallest absolute Gasteiger partial charge is 0.271 e. The number of carbonyl (C=O) groups is 2. The minimum absolute atomic E-state index is 0.188. The van der Waals surface area contributed by atoms with Gasteiger partial charge in [-0.25, -0.2) is 0 Å². The number of aliphatic hydroxyl groups is 1. The van der Waals surface area contributed by atoms with Crippen molar-refractivity contribution < 1.29 is 19.4 Å². The molecule has 0 fully saturated rings. The molecule has 0 spiro atoms. The third-order valence-electron chi connectivity index (χ3n) is 5.71. The fourth-order valence-corrected chi connectivity index (χ4v) is 4.08. The predicted octanol–water partition coefficient (Wildman–Crippen LogP) is 2.79. The molecule has 146 valence electrons. The van der Waals surface area contributed by atoms with Crippen LogP contribution in [0.2, 0.25) is 0 Å². The molecule has 6 heteroatoms. The van der Waals surface area contributed by atoms with E-state index in [2.05, 4.69) is 5.32 Å². The number of benzene rings is 2. The topological polar surface area (TPSA) is 102 Å². The number of amides is 1. The lowest BCUT2D eigenvalue weighted by atomic mass is 9.82. The Hall–Kier alpha value is -2.86. The Kier molecular flexibility index (Phi) is 3.84. The molecular formula is C22H24N2O4. The zero-order valence-corrected chi connectivity index (χ0v) is 16.4. The summed E-state index contributed by atoms with van der Waals surface area (Å²) >= 11 is 0. The first-order valence-corrected chi connectivity index (χ1v) is 9.45. The summed E-state index contributed by atoms with van der Waals surface area (Å²) in [5, 5.41) is 14.5. The van der Waals surface area contributed by atoms with Crippen LogP contribution in [-0.4, -0.2) is 16.8 Å². The molecule has 1 aliphatic carbocycles. The van der Waals surface area contributed by atoms with Crippen molar-refractivity contribution in [2.75, 3.05) is 5.73 Å². The van der Waals surface area contributed by atoms with Crippen molar-refractivity contribution in [3.63, 3.8) is 0 Å². The summed E-state index contributed by atoms with van der Waals surface area (Å²) in [4.78, 5) is 26.3. The number of hydrogen-bond acceptors (Lipinski definition) is 5. The first-order valence-electron chi connectivity index (χ1n) is 9.45. The number of fused-ring (bicyclic) bond motifs is 5. The van der Waals surface area contributed by atoms with Crippen molar-refractivity contribution in [2.24, 2.45) is 5.92 Å². The second kappa shape index (κ2) is 5.82. The molecule has 0 radical (unpaired) electrons. The van der Waals surface area contributed by atoms with Crippen LogP contribution < -0.4 is 15.8 Å². The van der Waals surface area contributed by atoms with E-state index in [0.717, 1.165) is 5.56 Å². The van der Waals surface area contributed by atoms with Crippen LogP contribution in [-0.2, 0) is 16.1 Å². The first kappa shape index (κ1) is 18.5. The zero-order valence-electron chi connectivity index (χ0n) is 16.4. The highest BCUT2D eigenvalue weighted by molar-refractivity contribution is 6.15. The third-order valence-corrected chi connectivity index (χ3v) is 5.71. The molecule has 28 heavy (non-hydrogen) atoms. The SMILES string of the molecule is CC(C)C(=O)NC12C(=O)c3c(N)cccc3C1(O)Oc1cc(C(C)C)ccc12. The monoisotopic (exact) mass is 380 g/mol. The van der Waals surface area contributed by atoms with E-state index in [1.54, 1.807) is 38.1 Å². The molecule has 2 unspecified atom stereocenters. The molecule has 2 atom stereocenters. The summed E-state index contributed by atoms with van der Waals surface area (Å²) in [6.07, 6.45) is 0. The van der Waals surface area contributed by atoms with E-state index in [-0.39, 0.29) is 34.6 Å². The Morgan fingerprint density at radius 3 is 2.50 bits per heavy atom. The zero-order chi connectivity index (χ0) is 20.4. The molecule has 2 aromatic carbocycles. The van der Waals surface area contributed by atoms with Crippen molar-refractivity contribution in [1.29, 1.82) is 0 Å². The van der Waals surface area contributed by atoms with Gasteiger partial charge in [-0.05, 0) is 23.6 Å². The molecular weight excluding hydrogens is 356 g/mol. The molecule has 1 amide bonds. The highest BCUT2D eigenvalue weighted by Crippen LogP contribution is 2.59. The molecule has 0 aromatic heterocycles. The van der Waals surface area contributed by atoms with Gasteiger partial charge in [0, 0.05) is 22.7 Å². The van der Waals surface area contributed by atoms with E-state index in [1.165, 1.54) is 0 Å². The maximum absolute atomic E-state index is 13.6. The van der Waals surface area contributed by atoms with E-state index < -0.39 is 17.1 Å². The summed E-state index contributed by atoms with van der Waals surface area (Å²) in [5.41, 5.74) is 6.43. The van der Waals surface area contributed by atoms with Crippen LogP contribution in [0.15, 0.2) is 36.4 Å². The highest BCUT2D eigenvalue weighted by atomic mass is 16.6. The van der Waals surface area contributed by atoms with Gasteiger partial charge in [-0.1, -0.05) is 52.0 Å². The van der Waals surface area contributed by atoms with Gasteiger partial charge in [-0.15, -0.1) is 0 Å². The van der Waals surface area contributed by atoms with Crippen molar-refractivity contribution in [2.45, 2.75) is 44.9 Å². The van der Waals surface area contributed by atoms with Gasteiger partial charge < -0.3 is 20.9 Å². The summed E-state index contributed by atoms with van der Waals surface area (Å²) in [5.74, 6) is -2.64. The fourth-order valence-electron chi connectivity index (χ4n) is 4.08. The number of ketones is 1. The van der Waals surface area contributed by atoms with E-state index >= 15 is 0 Å². The van der Waals surface area contributed by atoms with Crippen LogP contribution in [0.25, 0.3) is 0 Å². The molecule has 0 saturated heterocycles. The van der Waals surface area contributed by atoms with Gasteiger partial charge in [0.25, 0.3) is 5.79 Å². The maximum atomic E-state index is 13.6. The van der Waals surface area contributed by atoms with Crippen LogP contribution in [0.4, 0.5) is 5.69 Å². The molecule has 4 rings (SSSR count). The van der Waals surface area contributed by atoms with Crippen LogP contribution in [0.5, 0.6) is 5.75 Å². The van der Waals surface area contributed by atoms with Crippen molar-refractivity contribution in [3.8, 4) is 5.75 Å². The van der Waals surface area contributed by atoms with E-state index in [0.29, 0.717) is 11.3 Å². The van der Waals surface area contributed by atoms with Gasteiger partial charge >= 0.3 is 0 Å². The maximum Gasteiger partial charge on any atom is 0.271 e. The quantitative estimate of drug-likeness (QED) is 0.711. The van der Waals surface area contributed by atoms with E-state index in [9.17, 15) is 14.7 Å². The summed E-state index contributed by atoms with van der Waals surface area (Å²) in [6, 6.07) is 10.3. The fraction of sp³-hybridized carbons (Fsp3) is 0.364. The predicted molar refractivity (Wildman–Crippen MR) is 105 cm³/mol. The Morgan fingerprint density at radius 2 is 1.86 bits per heavy atom. The lowest BCUT2D eigenvalue weighted by Gasteiger charge is -2.35. The lowest BCUT2D eigenvalue weighted by Crippen LogP contribution is -2.60. The van der Waals surface area contributed by atoms with Crippen molar-refractivity contribution in [1.82, 2.24) is 5.32 Å². The van der Waals surface area contributed by atoms with Crippen LogP contribution in [0.1, 0.15) is 60.7 Å². The largest absolute Gasteiger partial charge is 0.454 e. The number of rotatable bonds is 3. The minimum Gasteiger partial charge on any atom is -0.454 e. The standard InChI is InChI=1S/C22H24N2O4/c1-11(2)13-8-9-14-17(10-13)28-22(27)15-6-5-7-16(23)18(15)19(25)21(14,22)24-20(26)12(3)4/h5-12,27H,23H2,1-4H3,(H,24,26). The van der Waals surface area contributed by atoms with Crippen LogP contribution in [0.3, 0.4) is 0 Å². The van der Waals surface area contributed by atoms with Gasteiger partial charge in [-0.2, -0.15) is 0 Å². The Morgan fingerprint density at radius 1 is 1.14 bits per heavy atom. The molecule has 6 nitrogen and oxygen atoms in total. The van der Waals surface area contributed by atoms with Crippen LogP contribution in [0, 0.1) is 5.92 Å². The molecule has 2 aromatic rings. The van der Waals surface area contributed by atoms with Crippen molar-refractivity contribution in [3.05, 3.63) is 58.7 Å². The Labute approximate surface area is 163 Å². The average Bonchev–Trinajstić information content (AvgIpc) is 2.99. The second-order valence-corrected chi connectivity index (χ2v) is 8.15. The Balaban J connectivity index is 2.00. The molecule has 0 bridgehead atoms. The molecule has 0 saturated carbocycles. The number of carbonyl (C=O) groups excluding carboxylic acids is 2. The van der Waals surface area contributed by atoms with Gasteiger partial charge in [-0.3, -0.25) is 9.59 Å². The summed E-state index contributed by atoms with van der Waals surface area (Å²) < 4.78 is 6.01. The number of nitrogens with two attached hydrogens (primary N) is 1. The van der Waals surface area contributed by atoms with Gasteiger partial charge in [0.15, 0.2) is 0 Å². The third kappa shape index (κ3) is 2.12. The number of hydrogen-bond donors (Lipinski definition) is 3. The summed E-state index contributed by atoms with van der Waals surface area (Å²) in [6.45, 7) is 7.54. The molecule has 4 N–H and O–H groups in total. The van der Waals surface area contributed by atoms with Gasteiger partial charge in [0.2, 0.25) is 17.2 Å². The second-order valence-electron chi connectivity index (χ2n) is 8.15. The van der Waals surface area contributed by atoms with E-state index in [4.69, 9.17) is 10.5 Å². The van der Waals surface area contributed by atoms with Crippen LogP contribution >= 0.6 is 0 Å². The van der Waals surface area contributed by atoms with Gasteiger partial charge in [0.1, 0.15) is 5.75 Å². The Bertz CT molecular complexity index is 1010. The molecule has 1 aliphatic heterocycles. The highest BCUT2D eigenvalue weighted by Gasteiger charge is 2.72. The van der Waals surface area contributed by atoms with Gasteiger partial charge in [0.05, 0.1) is 5.56 Å². The summed E-state index contributed by atoms with van der Waals surface area (Å²) in [7, 11) is 0. The van der Waals surface area contributed by atoms with E-state index in [1.807, 2.05) is 26.0 Å². The number of ether oxygens (including phenoxy) is 1. The number of Topliss-reactive ketones (excluding diaryl/α,β-unsaturated/α-hetero) is 1. The number of nitrogen functional groups attached to an aromatic ring is 1. The minimum atomic E-state index is -2.06. The molecule has 2 aliphatic rings. The first-order chi connectivity index (χ1) is 13.1. The lowest BCUT2D eigenvalue weighted by molar-refractivity contribution is -0.176. The number of nitrogens with one attached hydrogen (secondary N) is 1. The average molecular weight is 380 g/mol. The van der Waals surface area contributed by atoms with Crippen molar-refractivity contribution >= 4 is 17.4 Å². The number of anilines is 1.